The van der Waals surface area contributed by atoms with Gasteiger partial charge in [-0.15, -0.1) is 10.2 Å². The van der Waals surface area contributed by atoms with Crippen LogP contribution >= 0.6 is 11.3 Å². The van der Waals surface area contributed by atoms with Gasteiger partial charge >= 0.3 is 0 Å². The molecule has 0 saturated heterocycles. The molecule has 0 amide bonds. The molecule has 2 aromatic carbocycles. The van der Waals surface area contributed by atoms with Gasteiger partial charge in [-0.25, -0.2) is 8.78 Å². The van der Waals surface area contributed by atoms with E-state index in [0.29, 0.717) is 10.6 Å². The van der Waals surface area contributed by atoms with Crippen molar-refractivity contribution in [1.82, 2.24) is 10.2 Å². The number of rotatable bonds is 3. The molecule has 20 heavy (non-hydrogen) atoms. The Balaban J connectivity index is 1.86. The summed E-state index contributed by atoms with van der Waals surface area (Å²) in [7, 11) is 0. The zero-order valence-electron chi connectivity index (χ0n) is 10.4. The van der Waals surface area contributed by atoms with Gasteiger partial charge in [0, 0.05) is 12.0 Å². The summed E-state index contributed by atoms with van der Waals surface area (Å²) in [5.74, 6) is -0.878. The number of benzene rings is 2. The summed E-state index contributed by atoms with van der Waals surface area (Å²) >= 11 is 1.38. The van der Waals surface area contributed by atoms with Crippen molar-refractivity contribution in [3.05, 3.63) is 70.7 Å². The minimum absolute atomic E-state index is 0.244. The number of nitrogens with zero attached hydrogens (tertiary/aromatic N) is 2. The van der Waals surface area contributed by atoms with E-state index in [-0.39, 0.29) is 6.42 Å². The van der Waals surface area contributed by atoms with E-state index in [1.165, 1.54) is 17.4 Å². The largest absolute Gasteiger partial charge is 0.207 e. The Morgan fingerprint density at radius 1 is 0.950 bits per heavy atom. The first-order valence-electron chi connectivity index (χ1n) is 6.04. The molecule has 0 aliphatic rings. The predicted molar refractivity (Wildman–Crippen MR) is 74.5 cm³/mol. The van der Waals surface area contributed by atoms with Crippen molar-refractivity contribution >= 4 is 11.3 Å². The normalized spacial score (nSPS) is 10.7. The van der Waals surface area contributed by atoms with Gasteiger partial charge in [0.25, 0.3) is 0 Å². The lowest BCUT2D eigenvalue weighted by molar-refractivity contribution is 0.588. The van der Waals surface area contributed by atoms with Gasteiger partial charge in [-0.2, -0.15) is 0 Å². The minimum atomic E-state index is -0.450. The predicted octanol–water partition coefficient (Wildman–Crippen LogP) is 4.07. The molecular formula is C15H10F2N2S. The Bertz CT molecular complexity index is 726. The maximum Gasteiger partial charge on any atom is 0.147 e. The van der Waals surface area contributed by atoms with Crippen LogP contribution in [0.5, 0.6) is 0 Å². The zero-order chi connectivity index (χ0) is 13.9. The molecule has 3 aromatic rings. The van der Waals surface area contributed by atoms with Crippen LogP contribution in [0, 0.1) is 11.6 Å². The van der Waals surface area contributed by atoms with Crippen LogP contribution < -0.4 is 0 Å². The average molecular weight is 288 g/mol. The third kappa shape index (κ3) is 2.72. The first-order chi connectivity index (χ1) is 9.72. The van der Waals surface area contributed by atoms with Crippen molar-refractivity contribution in [1.29, 1.82) is 0 Å². The summed E-state index contributed by atoms with van der Waals surface area (Å²) in [6.45, 7) is 0. The second-order valence-electron chi connectivity index (χ2n) is 4.28. The summed E-state index contributed by atoms with van der Waals surface area (Å²) in [5.41, 5.74) is 1.26. The van der Waals surface area contributed by atoms with Crippen LogP contribution in [0.2, 0.25) is 0 Å². The van der Waals surface area contributed by atoms with E-state index in [4.69, 9.17) is 0 Å². The molecule has 0 N–H and O–H groups in total. The van der Waals surface area contributed by atoms with Crippen molar-refractivity contribution in [2.75, 3.05) is 0 Å². The maximum absolute atomic E-state index is 13.6. The van der Waals surface area contributed by atoms with Crippen LogP contribution in [0.3, 0.4) is 0 Å². The Kier molecular flexibility index (Phi) is 3.52. The second kappa shape index (κ2) is 5.46. The topological polar surface area (TPSA) is 25.8 Å². The van der Waals surface area contributed by atoms with Crippen LogP contribution in [-0.4, -0.2) is 10.2 Å². The highest BCUT2D eigenvalue weighted by Crippen LogP contribution is 2.25. The molecule has 0 aliphatic heterocycles. The van der Waals surface area contributed by atoms with Crippen molar-refractivity contribution in [3.8, 4) is 10.6 Å². The fourth-order valence-corrected chi connectivity index (χ4v) is 2.73. The van der Waals surface area contributed by atoms with Gasteiger partial charge in [-0.05, 0) is 23.8 Å². The first kappa shape index (κ1) is 12.9. The molecule has 0 unspecified atom stereocenters. The molecule has 2 nitrogen and oxygen atoms in total. The van der Waals surface area contributed by atoms with Crippen molar-refractivity contribution in [2.24, 2.45) is 0 Å². The van der Waals surface area contributed by atoms with Gasteiger partial charge in [0.1, 0.15) is 21.6 Å². The van der Waals surface area contributed by atoms with E-state index in [1.807, 2.05) is 30.3 Å². The molecular weight excluding hydrogens is 278 g/mol. The Labute approximate surface area is 118 Å². The van der Waals surface area contributed by atoms with Gasteiger partial charge < -0.3 is 0 Å². The van der Waals surface area contributed by atoms with E-state index in [9.17, 15) is 8.78 Å². The van der Waals surface area contributed by atoms with E-state index in [2.05, 4.69) is 10.2 Å². The molecule has 0 fully saturated rings. The summed E-state index contributed by atoms with van der Waals surface area (Å²) < 4.78 is 26.7. The van der Waals surface area contributed by atoms with E-state index in [0.717, 1.165) is 22.7 Å². The first-order valence-corrected chi connectivity index (χ1v) is 6.86. The second-order valence-corrected chi connectivity index (χ2v) is 5.34. The Morgan fingerprint density at radius 3 is 2.55 bits per heavy atom. The lowest BCUT2D eigenvalue weighted by Gasteiger charge is -1.99. The minimum Gasteiger partial charge on any atom is -0.207 e. The number of hydrogen-bond donors (Lipinski definition) is 0. The Morgan fingerprint density at radius 2 is 1.75 bits per heavy atom. The summed E-state index contributed by atoms with van der Waals surface area (Å²) in [6, 6.07) is 13.1. The molecule has 0 aliphatic carbocycles. The lowest BCUT2D eigenvalue weighted by Crippen LogP contribution is -1.93. The molecule has 1 heterocycles. The van der Waals surface area contributed by atoms with E-state index in [1.54, 1.807) is 0 Å². The summed E-state index contributed by atoms with van der Waals surface area (Å²) in [6.07, 6.45) is 0.244. The van der Waals surface area contributed by atoms with Gasteiger partial charge in [0.2, 0.25) is 0 Å². The van der Waals surface area contributed by atoms with Gasteiger partial charge in [0.05, 0.1) is 0 Å². The zero-order valence-corrected chi connectivity index (χ0v) is 11.2. The van der Waals surface area contributed by atoms with Gasteiger partial charge in [-0.3, -0.25) is 0 Å². The van der Waals surface area contributed by atoms with Crippen LogP contribution in [-0.2, 0) is 6.42 Å². The quantitative estimate of drug-likeness (QED) is 0.726. The maximum atomic E-state index is 13.6. The van der Waals surface area contributed by atoms with Crippen molar-refractivity contribution in [2.45, 2.75) is 6.42 Å². The van der Waals surface area contributed by atoms with Crippen LogP contribution in [0.25, 0.3) is 10.6 Å². The lowest BCUT2D eigenvalue weighted by atomic mass is 10.1. The van der Waals surface area contributed by atoms with Crippen molar-refractivity contribution < 1.29 is 8.78 Å². The van der Waals surface area contributed by atoms with Crippen molar-refractivity contribution in [3.63, 3.8) is 0 Å². The highest BCUT2D eigenvalue weighted by atomic mass is 32.1. The fraction of sp³-hybridized carbons (Fsp3) is 0.0667. The molecule has 0 radical (unpaired) electrons. The Hall–Kier alpha value is -2.14. The van der Waals surface area contributed by atoms with Crippen LogP contribution in [0.4, 0.5) is 8.78 Å². The highest BCUT2D eigenvalue weighted by molar-refractivity contribution is 7.14. The smallest absolute Gasteiger partial charge is 0.147 e. The van der Waals surface area contributed by atoms with E-state index >= 15 is 0 Å². The van der Waals surface area contributed by atoms with Gasteiger partial charge in [0.15, 0.2) is 0 Å². The van der Waals surface area contributed by atoms with Crippen LogP contribution in [0.15, 0.2) is 48.5 Å². The molecule has 100 valence electrons. The number of hydrogen-bond acceptors (Lipinski definition) is 3. The van der Waals surface area contributed by atoms with E-state index < -0.39 is 11.6 Å². The third-order valence-corrected chi connectivity index (χ3v) is 3.81. The molecule has 3 rings (SSSR count). The summed E-state index contributed by atoms with van der Waals surface area (Å²) in [4.78, 5) is 0. The standard InChI is InChI=1S/C15H10F2N2S/c16-12-6-7-13(17)11(8-12)9-14-18-19-15(20-14)10-4-2-1-3-5-10/h1-8H,9H2. The molecule has 0 spiro atoms. The highest BCUT2D eigenvalue weighted by Gasteiger charge is 2.10. The van der Waals surface area contributed by atoms with Crippen LogP contribution in [0.1, 0.15) is 10.6 Å². The average Bonchev–Trinajstić information content (AvgIpc) is 2.92. The number of halogens is 2. The summed E-state index contributed by atoms with van der Waals surface area (Å²) in [5, 5.41) is 9.56. The fourth-order valence-electron chi connectivity index (χ4n) is 1.86. The molecule has 0 bridgehead atoms. The molecule has 0 saturated carbocycles. The monoisotopic (exact) mass is 288 g/mol. The molecule has 5 heteroatoms. The molecule has 1 aromatic heterocycles. The number of aromatic nitrogens is 2. The van der Waals surface area contributed by atoms with Gasteiger partial charge in [-0.1, -0.05) is 41.7 Å². The third-order valence-electron chi connectivity index (χ3n) is 2.84. The molecule has 0 atom stereocenters. The SMILES string of the molecule is Fc1ccc(F)c(Cc2nnc(-c3ccccc3)s2)c1.